The lowest BCUT2D eigenvalue weighted by atomic mass is 9.40. The van der Waals surface area contributed by atoms with Gasteiger partial charge in [0.15, 0.2) is 0 Å². The zero-order valence-corrected chi connectivity index (χ0v) is 16.3. The van der Waals surface area contributed by atoms with Crippen LogP contribution in [0.4, 0.5) is 0 Å². The van der Waals surface area contributed by atoms with E-state index in [-0.39, 0.29) is 22.7 Å². The van der Waals surface area contributed by atoms with Crippen LogP contribution in [0, 0.1) is 28.1 Å². The van der Waals surface area contributed by atoms with E-state index in [1.165, 1.54) is 0 Å². The molecular weight excluding hydrogens is 332 g/mol. The Morgan fingerprint density at radius 1 is 1.15 bits per heavy atom. The van der Waals surface area contributed by atoms with Gasteiger partial charge in [-0.15, -0.1) is 0 Å². The summed E-state index contributed by atoms with van der Waals surface area (Å²) in [6, 6.07) is 0. The standard InChI is InChI=1S/C21H30O5/c1-19-9-5-10-21(3,18(23)24)14(19)8-11-20(2)13(19)7-6-12-15(20)17(25-4)26-16(12)22/h13-14,17H,5-11H2,1-4H3,(H,23,24)/t13-,14-,17+,19-,20-,21+/m1/s1. The van der Waals surface area contributed by atoms with Gasteiger partial charge in [0.2, 0.25) is 6.29 Å². The van der Waals surface area contributed by atoms with Crippen molar-refractivity contribution in [3.05, 3.63) is 11.1 Å². The van der Waals surface area contributed by atoms with Crippen LogP contribution in [-0.4, -0.2) is 30.4 Å². The first kappa shape index (κ1) is 18.0. The van der Waals surface area contributed by atoms with E-state index in [9.17, 15) is 14.7 Å². The molecule has 4 rings (SSSR count). The van der Waals surface area contributed by atoms with Crippen LogP contribution in [0.2, 0.25) is 0 Å². The first-order chi connectivity index (χ1) is 12.2. The van der Waals surface area contributed by atoms with Gasteiger partial charge in [-0.25, -0.2) is 4.79 Å². The number of carboxylic acid groups (broad SMARTS) is 1. The lowest BCUT2D eigenvalue weighted by molar-refractivity contribution is -0.178. The average molecular weight is 362 g/mol. The van der Waals surface area contributed by atoms with Crippen LogP contribution >= 0.6 is 0 Å². The van der Waals surface area contributed by atoms with Crippen molar-refractivity contribution in [1.82, 2.24) is 0 Å². The predicted octanol–water partition coefficient (Wildman–Crippen LogP) is 3.92. The molecule has 0 saturated heterocycles. The smallest absolute Gasteiger partial charge is 0.336 e. The van der Waals surface area contributed by atoms with Crippen molar-refractivity contribution in [2.75, 3.05) is 7.11 Å². The maximum atomic E-state index is 12.3. The summed E-state index contributed by atoms with van der Waals surface area (Å²) in [4.78, 5) is 24.5. The van der Waals surface area contributed by atoms with Crippen LogP contribution in [0.15, 0.2) is 11.1 Å². The van der Waals surface area contributed by atoms with Crippen molar-refractivity contribution in [3.63, 3.8) is 0 Å². The molecule has 0 radical (unpaired) electrons. The number of carboxylic acids is 1. The summed E-state index contributed by atoms with van der Waals surface area (Å²) in [7, 11) is 1.59. The molecule has 3 aliphatic carbocycles. The number of aliphatic carboxylic acids is 1. The number of methoxy groups -OCH3 is 1. The van der Waals surface area contributed by atoms with E-state index in [4.69, 9.17) is 9.47 Å². The predicted molar refractivity (Wildman–Crippen MR) is 95.2 cm³/mol. The third kappa shape index (κ3) is 2.07. The summed E-state index contributed by atoms with van der Waals surface area (Å²) in [6.45, 7) is 6.52. The third-order valence-corrected chi connectivity index (χ3v) is 8.52. The summed E-state index contributed by atoms with van der Waals surface area (Å²) < 4.78 is 11.0. The minimum atomic E-state index is -0.651. The molecule has 5 heteroatoms. The van der Waals surface area contributed by atoms with Gasteiger partial charge < -0.3 is 14.6 Å². The minimum absolute atomic E-state index is 0.0269. The lowest BCUT2D eigenvalue weighted by Gasteiger charge is -2.63. The number of cyclic esters (lactones) is 1. The van der Waals surface area contributed by atoms with Crippen LogP contribution in [0.25, 0.3) is 0 Å². The van der Waals surface area contributed by atoms with E-state index < -0.39 is 17.7 Å². The lowest BCUT2D eigenvalue weighted by Crippen LogP contribution is -2.59. The van der Waals surface area contributed by atoms with Crippen LogP contribution in [-0.2, 0) is 19.1 Å². The second-order valence-electron chi connectivity index (χ2n) is 9.55. The molecule has 1 aliphatic heterocycles. The van der Waals surface area contributed by atoms with E-state index >= 15 is 0 Å². The highest BCUT2D eigenvalue weighted by Crippen LogP contribution is 2.69. The maximum absolute atomic E-state index is 12.3. The van der Waals surface area contributed by atoms with Gasteiger partial charge in [0.05, 0.1) is 5.41 Å². The zero-order chi connectivity index (χ0) is 18.9. The number of carbonyl (C=O) groups excluding carboxylic acids is 1. The first-order valence-electron chi connectivity index (χ1n) is 9.89. The summed E-state index contributed by atoms with van der Waals surface area (Å²) in [5.74, 6) is -0.334. The molecule has 0 amide bonds. The molecule has 5 nitrogen and oxygen atoms in total. The van der Waals surface area contributed by atoms with Gasteiger partial charge in [0.25, 0.3) is 0 Å². The van der Waals surface area contributed by atoms with Crippen molar-refractivity contribution in [2.24, 2.45) is 28.1 Å². The Balaban J connectivity index is 1.79. The fourth-order valence-corrected chi connectivity index (χ4v) is 7.34. The van der Waals surface area contributed by atoms with Gasteiger partial charge in [-0.2, -0.15) is 0 Å². The highest BCUT2D eigenvalue weighted by molar-refractivity contribution is 5.92. The second-order valence-corrected chi connectivity index (χ2v) is 9.55. The zero-order valence-electron chi connectivity index (χ0n) is 16.3. The largest absolute Gasteiger partial charge is 0.481 e. The van der Waals surface area contributed by atoms with Crippen molar-refractivity contribution in [1.29, 1.82) is 0 Å². The first-order valence-corrected chi connectivity index (χ1v) is 9.89. The molecule has 2 fully saturated rings. The van der Waals surface area contributed by atoms with Crippen LogP contribution in [0.1, 0.15) is 65.7 Å². The molecule has 2 saturated carbocycles. The molecule has 0 aromatic rings. The van der Waals surface area contributed by atoms with E-state index in [1.54, 1.807) is 7.11 Å². The van der Waals surface area contributed by atoms with Crippen LogP contribution < -0.4 is 0 Å². The number of hydrogen-bond donors (Lipinski definition) is 1. The molecule has 0 spiro atoms. The Morgan fingerprint density at radius 2 is 1.88 bits per heavy atom. The van der Waals surface area contributed by atoms with Crippen molar-refractivity contribution < 1.29 is 24.2 Å². The highest BCUT2D eigenvalue weighted by Gasteiger charge is 2.64. The molecule has 0 aromatic carbocycles. The Labute approximate surface area is 155 Å². The molecule has 0 bridgehead atoms. The number of carbonyl (C=O) groups is 2. The number of esters is 1. The topological polar surface area (TPSA) is 72.8 Å². The minimum Gasteiger partial charge on any atom is -0.481 e. The van der Waals surface area contributed by atoms with Crippen molar-refractivity contribution in [2.45, 2.75) is 72.0 Å². The van der Waals surface area contributed by atoms with Crippen LogP contribution in [0.3, 0.4) is 0 Å². The van der Waals surface area contributed by atoms with E-state index in [0.717, 1.165) is 56.1 Å². The maximum Gasteiger partial charge on any atom is 0.336 e. The Hall–Kier alpha value is -1.36. The molecule has 0 aromatic heterocycles. The number of ether oxygens (including phenoxy) is 2. The fraction of sp³-hybridized carbons (Fsp3) is 0.810. The van der Waals surface area contributed by atoms with E-state index in [1.807, 2.05) is 6.92 Å². The molecule has 1 heterocycles. The van der Waals surface area contributed by atoms with Gasteiger partial charge in [-0.05, 0) is 68.1 Å². The van der Waals surface area contributed by atoms with Crippen molar-refractivity contribution in [3.8, 4) is 0 Å². The summed E-state index contributed by atoms with van der Waals surface area (Å²) in [6.07, 6.45) is 5.66. The second kappa shape index (κ2) is 5.57. The normalized spacial score (nSPS) is 47.7. The molecule has 26 heavy (non-hydrogen) atoms. The van der Waals surface area contributed by atoms with E-state index in [2.05, 4.69) is 13.8 Å². The third-order valence-electron chi connectivity index (χ3n) is 8.52. The van der Waals surface area contributed by atoms with Gasteiger partial charge in [0.1, 0.15) is 0 Å². The molecule has 144 valence electrons. The average Bonchev–Trinajstić information content (AvgIpc) is 2.91. The number of rotatable bonds is 2. The summed E-state index contributed by atoms with van der Waals surface area (Å²) >= 11 is 0. The summed E-state index contributed by atoms with van der Waals surface area (Å²) in [5, 5.41) is 9.98. The molecule has 1 N–H and O–H groups in total. The Bertz CT molecular complexity index is 697. The van der Waals surface area contributed by atoms with Crippen molar-refractivity contribution >= 4 is 11.9 Å². The Morgan fingerprint density at radius 3 is 2.54 bits per heavy atom. The van der Waals surface area contributed by atoms with Gasteiger partial charge in [-0.3, -0.25) is 4.79 Å². The number of fused-ring (bicyclic) bond motifs is 4. The van der Waals surface area contributed by atoms with Gasteiger partial charge >= 0.3 is 11.9 Å². The molecule has 4 aliphatic rings. The molecule has 6 atom stereocenters. The molecular formula is C21H30O5. The quantitative estimate of drug-likeness (QED) is 0.754. The Kier molecular flexibility index (Phi) is 3.86. The highest BCUT2D eigenvalue weighted by atomic mass is 16.7. The van der Waals surface area contributed by atoms with Crippen LogP contribution in [0.5, 0.6) is 0 Å². The summed E-state index contributed by atoms with van der Waals surface area (Å²) in [5.41, 5.74) is 1.03. The molecule has 0 unspecified atom stereocenters. The monoisotopic (exact) mass is 362 g/mol. The number of hydrogen-bond acceptors (Lipinski definition) is 4. The van der Waals surface area contributed by atoms with Gasteiger partial charge in [-0.1, -0.05) is 20.3 Å². The van der Waals surface area contributed by atoms with E-state index in [0.29, 0.717) is 5.92 Å². The fourth-order valence-electron chi connectivity index (χ4n) is 7.34. The van der Waals surface area contributed by atoms with Gasteiger partial charge in [0, 0.05) is 18.3 Å². The SMILES string of the molecule is CO[C@H]1OC(=O)C2=C1[C@]1(C)CC[C@@H]3[C@](C)(CCC[C@]3(C)C(=O)O)[C@H]1CC2.